The molecule has 0 spiro atoms. The molecule has 0 aliphatic rings. The van der Waals surface area contributed by atoms with E-state index in [2.05, 4.69) is 15.6 Å². The monoisotopic (exact) mass is 265 g/mol. The molecule has 1 rings (SSSR count). The Bertz CT molecular complexity index is 444. The van der Waals surface area contributed by atoms with Gasteiger partial charge < -0.3 is 15.4 Å². The van der Waals surface area contributed by atoms with Crippen molar-refractivity contribution in [1.29, 1.82) is 0 Å². The Morgan fingerprint density at radius 2 is 2.16 bits per heavy atom. The van der Waals surface area contributed by atoms with Gasteiger partial charge in [0.05, 0.1) is 16.9 Å². The highest BCUT2D eigenvalue weighted by Crippen LogP contribution is 2.16. The fraction of sp³-hybridized carbons (Fsp3) is 0.571. The Morgan fingerprint density at radius 3 is 2.74 bits per heavy atom. The summed E-state index contributed by atoms with van der Waals surface area (Å²) in [7, 11) is 1.63. The highest BCUT2D eigenvalue weighted by atomic mass is 16.5. The number of hydrogen-bond acceptors (Lipinski definition) is 4. The van der Waals surface area contributed by atoms with E-state index in [1.165, 1.54) is 0 Å². The second-order valence-corrected chi connectivity index (χ2v) is 5.05. The molecule has 0 saturated carbocycles. The van der Waals surface area contributed by atoms with Crippen molar-refractivity contribution in [2.75, 3.05) is 25.5 Å². The van der Waals surface area contributed by atoms with Crippen molar-refractivity contribution in [2.24, 2.45) is 0 Å². The predicted molar refractivity (Wildman–Crippen MR) is 76.6 cm³/mol. The van der Waals surface area contributed by atoms with Crippen LogP contribution < -0.4 is 10.6 Å². The molecule has 0 aliphatic heterocycles. The number of aryl methyl sites for hydroxylation is 1. The van der Waals surface area contributed by atoms with Crippen LogP contribution in [0.15, 0.2) is 12.3 Å². The molecule has 0 aromatic carbocycles. The Hall–Kier alpha value is -1.62. The van der Waals surface area contributed by atoms with Crippen LogP contribution in [-0.2, 0) is 4.74 Å². The van der Waals surface area contributed by atoms with Crippen molar-refractivity contribution in [1.82, 2.24) is 10.3 Å². The number of ether oxygens (including phenoxy) is 1. The third kappa shape index (κ3) is 4.52. The Labute approximate surface area is 114 Å². The fourth-order valence-electron chi connectivity index (χ4n) is 1.54. The number of rotatable bonds is 6. The van der Waals surface area contributed by atoms with Crippen molar-refractivity contribution in [3.05, 3.63) is 23.5 Å². The molecule has 0 unspecified atom stereocenters. The first kappa shape index (κ1) is 15.4. The molecular weight excluding hydrogens is 242 g/mol. The average molecular weight is 265 g/mol. The summed E-state index contributed by atoms with van der Waals surface area (Å²) in [4.78, 5) is 16.3. The SMILES string of the molecule is CCNc1cc(C)ncc1C(=O)NCC(C)(C)OC. The molecule has 0 radical (unpaired) electrons. The summed E-state index contributed by atoms with van der Waals surface area (Å²) in [6, 6.07) is 1.87. The standard InChI is InChI=1S/C14H23N3O2/c1-6-15-12-7-10(2)16-8-11(12)13(18)17-9-14(3,4)19-5/h7-8H,6,9H2,1-5H3,(H,15,16)(H,17,18). The molecule has 106 valence electrons. The normalized spacial score (nSPS) is 11.2. The lowest BCUT2D eigenvalue weighted by Gasteiger charge is -2.23. The van der Waals surface area contributed by atoms with Crippen molar-refractivity contribution >= 4 is 11.6 Å². The molecule has 5 heteroatoms. The van der Waals surface area contributed by atoms with Gasteiger partial charge in [0.25, 0.3) is 5.91 Å². The summed E-state index contributed by atoms with van der Waals surface area (Å²) in [5.41, 5.74) is 1.86. The van der Waals surface area contributed by atoms with Gasteiger partial charge in [0.1, 0.15) is 0 Å². The minimum Gasteiger partial charge on any atom is -0.385 e. The number of pyridine rings is 1. The first-order valence-electron chi connectivity index (χ1n) is 6.43. The molecule has 1 aromatic rings. The average Bonchev–Trinajstić information content (AvgIpc) is 2.37. The molecular formula is C14H23N3O2. The van der Waals surface area contributed by atoms with Crippen molar-refractivity contribution in [3.8, 4) is 0 Å². The van der Waals surface area contributed by atoms with E-state index in [1.807, 2.05) is 33.8 Å². The van der Waals surface area contributed by atoms with E-state index in [9.17, 15) is 4.79 Å². The van der Waals surface area contributed by atoms with E-state index >= 15 is 0 Å². The molecule has 0 saturated heterocycles. The van der Waals surface area contributed by atoms with Gasteiger partial charge in [0.2, 0.25) is 0 Å². The van der Waals surface area contributed by atoms with Crippen LogP contribution in [0.1, 0.15) is 36.8 Å². The summed E-state index contributed by atoms with van der Waals surface area (Å²) in [6.07, 6.45) is 1.60. The van der Waals surface area contributed by atoms with Gasteiger partial charge >= 0.3 is 0 Å². The summed E-state index contributed by atoms with van der Waals surface area (Å²) < 4.78 is 5.27. The Kier molecular flexibility index (Phi) is 5.30. The molecule has 1 aromatic heterocycles. The molecule has 0 aliphatic carbocycles. The first-order valence-corrected chi connectivity index (χ1v) is 6.43. The van der Waals surface area contributed by atoms with Gasteiger partial charge in [-0.15, -0.1) is 0 Å². The fourth-order valence-corrected chi connectivity index (χ4v) is 1.54. The molecule has 5 nitrogen and oxygen atoms in total. The number of hydrogen-bond donors (Lipinski definition) is 2. The van der Waals surface area contributed by atoms with E-state index in [0.717, 1.165) is 17.9 Å². The lowest BCUT2D eigenvalue weighted by Crippen LogP contribution is -2.40. The van der Waals surface area contributed by atoms with Gasteiger partial charge in [-0.3, -0.25) is 9.78 Å². The van der Waals surface area contributed by atoms with E-state index in [1.54, 1.807) is 13.3 Å². The zero-order chi connectivity index (χ0) is 14.5. The lowest BCUT2D eigenvalue weighted by molar-refractivity contribution is 0.0229. The highest BCUT2D eigenvalue weighted by Gasteiger charge is 2.19. The van der Waals surface area contributed by atoms with Crippen LogP contribution in [0.4, 0.5) is 5.69 Å². The zero-order valence-corrected chi connectivity index (χ0v) is 12.3. The molecule has 1 amide bonds. The van der Waals surface area contributed by atoms with Crippen LogP contribution in [0.3, 0.4) is 0 Å². The number of nitrogens with one attached hydrogen (secondary N) is 2. The van der Waals surface area contributed by atoms with Gasteiger partial charge in [-0.1, -0.05) is 0 Å². The van der Waals surface area contributed by atoms with Gasteiger partial charge in [-0.25, -0.2) is 0 Å². The third-order valence-corrected chi connectivity index (χ3v) is 2.88. The van der Waals surface area contributed by atoms with Crippen molar-refractivity contribution < 1.29 is 9.53 Å². The number of methoxy groups -OCH3 is 1. The van der Waals surface area contributed by atoms with Gasteiger partial charge in [-0.05, 0) is 33.8 Å². The van der Waals surface area contributed by atoms with Crippen LogP contribution in [0.2, 0.25) is 0 Å². The first-order chi connectivity index (χ1) is 8.89. The topological polar surface area (TPSA) is 63.2 Å². The summed E-state index contributed by atoms with van der Waals surface area (Å²) in [5, 5.41) is 6.04. The number of nitrogens with zero attached hydrogens (tertiary/aromatic N) is 1. The number of carbonyl (C=O) groups excluding carboxylic acids is 1. The number of amides is 1. The predicted octanol–water partition coefficient (Wildman–Crippen LogP) is 1.98. The number of carbonyl (C=O) groups is 1. The molecule has 19 heavy (non-hydrogen) atoms. The van der Waals surface area contributed by atoms with Crippen LogP contribution >= 0.6 is 0 Å². The van der Waals surface area contributed by atoms with E-state index < -0.39 is 0 Å². The molecule has 1 heterocycles. The molecule has 0 atom stereocenters. The highest BCUT2D eigenvalue weighted by molar-refractivity contribution is 5.99. The quantitative estimate of drug-likeness (QED) is 0.825. The van der Waals surface area contributed by atoms with Crippen LogP contribution in [0.25, 0.3) is 0 Å². The van der Waals surface area contributed by atoms with E-state index in [-0.39, 0.29) is 11.5 Å². The maximum absolute atomic E-state index is 12.2. The Balaban J connectivity index is 2.81. The minimum atomic E-state index is -0.383. The molecule has 0 bridgehead atoms. The second kappa shape index (κ2) is 6.52. The Morgan fingerprint density at radius 1 is 1.47 bits per heavy atom. The van der Waals surface area contributed by atoms with Crippen molar-refractivity contribution in [3.63, 3.8) is 0 Å². The minimum absolute atomic E-state index is 0.145. The second-order valence-electron chi connectivity index (χ2n) is 5.05. The molecule has 2 N–H and O–H groups in total. The zero-order valence-electron chi connectivity index (χ0n) is 12.3. The summed E-state index contributed by atoms with van der Waals surface area (Å²) in [6.45, 7) is 8.94. The van der Waals surface area contributed by atoms with Crippen LogP contribution in [0.5, 0.6) is 0 Å². The largest absolute Gasteiger partial charge is 0.385 e. The van der Waals surface area contributed by atoms with Crippen LogP contribution in [-0.4, -0.2) is 36.7 Å². The van der Waals surface area contributed by atoms with E-state index in [4.69, 9.17) is 4.74 Å². The van der Waals surface area contributed by atoms with Gasteiger partial charge in [0, 0.05) is 32.1 Å². The van der Waals surface area contributed by atoms with Crippen molar-refractivity contribution in [2.45, 2.75) is 33.3 Å². The van der Waals surface area contributed by atoms with E-state index in [0.29, 0.717) is 12.1 Å². The summed E-state index contributed by atoms with van der Waals surface area (Å²) in [5.74, 6) is -0.145. The number of aromatic nitrogens is 1. The smallest absolute Gasteiger partial charge is 0.255 e. The maximum Gasteiger partial charge on any atom is 0.255 e. The third-order valence-electron chi connectivity index (χ3n) is 2.88. The summed E-state index contributed by atoms with van der Waals surface area (Å²) >= 11 is 0. The lowest BCUT2D eigenvalue weighted by atomic mass is 10.1. The number of anilines is 1. The van der Waals surface area contributed by atoms with Gasteiger partial charge in [0.15, 0.2) is 0 Å². The maximum atomic E-state index is 12.2. The van der Waals surface area contributed by atoms with Crippen LogP contribution in [0, 0.1) is 6.92 Å². The van der Waals surface area contributed by atoms with Gasteiger partial charge in [-0.2, -0.15) is 0 Å². The molecule has 0 fully saturated rings.